The van der Waals surface area contributed by atoms with Gasteiger partial charge in [-0.1, -0.05) is 6.39 Å². The molecule has 122 valence electrons. The van der Waals surface area contributed by atoms with Crippen LogP contribution in [-0.2, 0) is 0 Å². The Morgan fingerprint density at radius 2 is 0.342 bits per heavy atom. The van der Waals surface area contributed by atoms with Crippen molar-refractivity contribution in [3.8, 4) is 0 Å². The molecule has 0 aromatic carbocycles. The molecule has 0 nitrogen and oxygen atoms in total. The lowest BCUT2D eigenvalue weighted by Gasteiger charge is -2.55. The van der Waals surface area contributed by atoms with E-state index in [0.717, 1.165) is 0 Å². The number of rotatable bonds is 17. The second-order valence-corrected chi connectivity index (χ2v) is 9.81. The summed E-state index contributed by atoms with van der Waals surface area (Å²) in [5.41, 5.74) is 0. The zero-order chi connectivity index (χ0) is 30.4. The molecule has 38 heavy (non-hydrogen) atoms. The van der Waals surface area contributed by atoms with Gasteiger partial charge in [0, 0.05) is 0 Å². The summed E-state index contributed by atoms with van der Waals surface area (Å²) in [5, 5.41) is 0. The van der Waals surface area contributed by atoms with Gasteiger partial charge in [0.25, 0.3) is 0 Å². The molecule has 0 fully saturated rings. The van der Waals surface area contributed by atoms with Crippen LogP contribution >= 0.6 is 0 Å². The molecular formula is H6B38-2. The van der Waals surface area contributed by atoms with Crippen molar-refractivity contribution in [1.82, 2.24) is 0 Å². The van der Waals surface area contributed by atoms with E-state index in [2.05, 4.69) is 0 Å². The Hall–Kier alpha value is 2.47. The molecule has 0 aliphatic heterocycles. The molecular weight excluding hydrogens is 411 g/mol. The van der Waals surface area contributed by atoms with Crippen molar-refractivity contribution < 1.29 is 0 Å². The van der Waals surface area contributed by atoms with E-state index < -0.39 is 102 Å². The van der Waals surface area contributed by atoms with E-state index in [0.29, 0.717) is 6.39 Å². The minimum absolute atomic E-state index is 0.242. The Morgan fingerprint density at radius 1 is 0.211 bits per heavy atom. The van der Waals surface area contributed by atoms with Crippen LogP contribution in [0.25, 0.3) is 0 Å². The summed E-state index contributed by atoms with van der Waals surface area (Å²) >= 11 is 0. The van der Waals surface area contributed by atoms with Gasteiger partial charge in [0.15, 0.2) is 0 Å². The van der Waals surface area contributed by atoms with Gasteiger partial charge in [0.05, 0.1) is 0 Å². The van der Waals surface area contributed by atoms with Crippen molar-refractivity contribution in [3.05, 3.63) is 0 Å². The van der Waals surface area contributed by atoms with Gasteiger partial charge in [-0.15, -0.1) is 15.5 Å². The molecule has 0 aliphatic carbocycles. The van der Waals surface area contributed by atoms with Gasteiger partial charge in [0.2, 0.25) is 0 Å². The first-order chi connectivity index (χ1) is 17.2. The van der Waals surface area contributed by atoms with E-state index in [-0.39, 0.29) is 21.9 Å². The van der Waals surface area contributed by atoms with E-state index >= 15 is 0 Å². The quantitative estimate of drug-likeness (QED) is 0.207. The third kappa shape index (κ3) is 10.9. The second-order valence-electron chi connectivity index (χ2n) is 9.81. The van der Waals surface area contributed by atoms with Crippen molar-refractivity contribution in [3.63, 3.8) is 0 Å². The highest BCUT2D eigenvalue weighted by Crippen LogP contribution is 2.18. The zero-order valence-electron chi connectivity index (χ0n) is 20.8. The molecule has 36 radical (unpaired) electrons. The SMILES string of the molecule is [B]B([B])B(B([B])[B])B(B(B([B])[B])B([B])[B])B(B(B([B])[B])B([B])[B])B(B(B([B])[B])B([B])[B])B(B([B])[B])B([BH3-])[BH3-]. The molecule has 0 spiro atoms. The predicted octanol–water partition coefficient (Wildman–Crippen LogP) is -16.1. The van der Waals surface area contributed by atoms with Crippen LogP contribution in [0.2, 0.25) is 0 Å². The molecule has 0 heterocycles. The lowest BCUT2D eigenvalue weighted by atomic mass is 8.28. The second kappa shape index (κ2) is 18.3. The van der Waals surface area contributed by atoms with Crippen LogP contribution in [0.1, 0.15) is 0 Å². The summed E-state index contributed by atoms with van der Waals surface area (Å²) in [4.78, 5) is 0. The first-order valence-corrected chi connectivity index (χ1v) is 11.7. The number of hydrogen-bond donors (Lipinski definition) is 0. The topological polar surface area (TPSA) is 0 Å². The van der Waals surface area contributed by atoms with Crippen LogP contribution in [0, 0.1) is 0 Å². The van der Waals surface area contributed by atoms with Gasteiger partial charge in [0.1, 0.15) is 0 Å². The summed E-state index contributed by atoms with van der Waals surface area (Å²) < 4.78 is 0. The number of hydrogen-bond acceptors (Lipinski definition) is 0. The minimum atomic E-state index is -1.09. The first-order valence-electron chi connectivity index (χ1n) is 11.7. The van der Waals surface area contributed by atoms with Crippen molar-refractivity contribution in [2.75, 3.05) is 0 Å². The standard InChI is InChI=1S/B38H6/c1-21(2)31(22(3)4)36(32(23(5)6)24(7)8)38(35(29(17)18)30(19)20)37(33(25(9)10)26(11)12)34(27(13)14)28(15)16/h1-2H3/q-2. The van der Waals surface area contributed by atoms with Crippen molar-refractivity contribution >= 4 is 270 Å². The Labute approximate surface area is 268 Å². The van der Waals surface area contributed by atoms with Crippen LogP contribution < -0.4 is 0 Å². The van der Waals surface area contributed by atoms with Crippen LogP contribution in [-0.4, -0.2) is 270 Å². The summed E-state index contributed by atoms with van der Waals surface area (Å²) in [5.74, 6) is 0. The highest BCUT2D eigenvalue weighted by atomic mass is 13.4. The van der Waals surface area contributed by atoms with Crippen LogP contribution in [0.5, 0.6) is 0 Å². The minimum Gasteiger partial charge on any atom is -0.262 e. The van der Waals surface area contributed by atoms with Gasteiger partial charge in [-0.25, -0.2) is 0 Å². The fourth-order valence-corrected chi connectivity index (χ4v) is 5.65. The van der Waals surface area contributed by atoms with E-state index in [1.54, 1.807) is 0 Å². The normalized spacial score (nSPS) is 9.63. The van der Waals surface area contributed by atoms with Crippen molar-refractivity contribution in [1.29, 1.82) is 0 Å². The molecule has 0 atom stereocenters. The van der Waals surface area contributed by atoms with E-state index in [9.17, 15) is 0 Å². The molecule has 0 N–H and O–H groups in total. The molecule has 0 unspecified atom stereocenters. The van der Waals surface area contributed by atoms with Crippen molar-refractivity contribution in [2.24, 2.45) is 0 Å². The average Bonchev–Trinajstić information content (AvgIpc) is 2.67. The van der Waals surface area contributed by atoms with Crippen molar-refractivity contribution in [2.45, 2.75) is 0 Å². The molecule has 0 aromatic heterocycles. The van der Waals surface area contributed by atoms with Crippen LogP contribution in [0.4, 0.5) is 0 Å². The van der Waals surface area contributed by atoms with Gasteiger partial charge < -0.3 is 0 Å². The molecule has 0 saturated heterocycles. The molecule has 0 rings (SSSR count). The highest BCUT2D eigenvalue weighted by Gasteiger charge is 2.55. The first kappa shape index (κ1) is 40.5. The molecule has 0 bridgehead atoms. The molecule has 38 heteroatoms. The van der Waals surface area contributed by atoms with Gasteiger partial charge in [-0.3, -0.25) is 6.39 Å². The zero-order valence-corrected chi connectivity index (χ0v) is 20.8. The third-order valence-electron chi connectivity index (χ3n) is 7.11. The fraction of sp³-hybridized carbons (Fsp3) is 0. The van der Waals surface area contributed by atoms with Gasteiger partial charge in [-0.05, 0) is 241 Å². The summed E-state index contributed by atoms with van der Waals surface area (Å²) in [6, 6.07) is 0. The lowest BCUT2D eigenvalue weighted by Crippen LogP contribution is -2.92. The maximum Gasteiger partial charge on any atom is -0.000000000000163 e. The van der Waals surface area contributed by atoms with Gasteiger partial charge >= 0.3 is 0 Å². The molecule has 0 amide bonds. The van der Waals surface area contributed by atoms with E-state index in [4.69, 9.17) is 139 Å². The predicted molar refractivity (Wildman–Crippen MR) is 227 cm³/mol. The fourth-order valence-electron chi connectivity index (χ4n) is 5.65. The Bertz CT molecular complexity index is 478. The molecule has 0 saturated carbocycles. The third-order valence-corrected chi connectivity index (χ3v) is 7.11. The molecule has 0 aliphatic rings. The Kier molecular flexibility index (Phi) is 19.5. The largest absolute Gasteiger partial charge is 0.262 e. The van der Waals surface area contributed by atoms with E-state index in [1.165, 1.54) is 0 Å². The highest BCUT2D eigenvalue weighted by molar-refractivity contribution is 8.31. The smallest absolute Gasteiger partial charge is 0.000000000000163 e. The van der Waals surface area contributed by atoms with Crippen LogP contribution in [0.15, 0.2) is 0 Å². The summed E-state index contributed by atoms with van der Waals surface area (Å²) in [6.45, 7) is 0. The summed E-state index contributed by atoms with van der Waals surface area (Å²) in [6.07, 6.45) is -15.1. The van der Waals surface area contributed by atoms with Gasteiger partial charge in [-0.2, -0.15) is 0 Å². The van der Waals surface area contributed by atoms with Crippen LogP contribution in [0.3, 0.4) is 0 Å². The molecule has 0 aromatic rings. The maximum atomic E-state index is 6.43. The Morgan fingerprint density at radius 3 is 0.474 bits per heavy atom. The summed E-state index contributed by atoms with van der Waals surface area (Å²) in [7, 11) is 113. The monoisotopic (exact) mass is 424 g/mol. The average molecular weight is 417 g/mol. The lowest BCUT2D eigenvalue weighted by molar-refractivity contribution is 3.22. The maximum absolute atomic E-state index is 6.43. The Balaban J connectivity index is 8.12. The van der Waals surface area contributed by atoms with E-state index in [1.807, 2.05) is 0 Å².